The van der Waals surface area contributed by atoms with E-state index in [9.17, 15) is 4.79 Å². The summed E-state index contributed by atoms with van der Waals surface area (Å²) in [5.74, 6) is 0.00954. The molecule has 1 aromatic rings. The van der Waals surface area contributed by atoms with Gasteiger partial charge in [0.05, 0.1) is 6.10 Å². The maximum Gasteiger partial charge on any atom is 0.254 e. The Kier molecular flexibility index (Phi) is 3.87. The van der Waals surface area contributed by atoms with E-state index in [0.29, 0.717) is 17.8 Å². The van der Waals surface area contributed by atoms with Crippen molar-refractivity contribution in [3.63, 3.8) is 0 Å². The molecular formula is C14H20N2O2. The standard InChI is InChI=1S/C14H20N2O2/c1-10-12(6-3-7-13(10)15)14(17)16(2)9-11-5-4-8-18-11/h3,6-7,11H,4-5,8-9,15H2,1-2H3. The van der Waals surface area contributed by atoms with Gasteiger partial charge in [-0.25, -0.2) is 0 Å². The van der Waals surface area contributed by atoms with Gasteiger partial charge in [-0.05, 0) is 37.5 Å². The number of nitrogens with two attached hydrogens (primary N) is 1. The number of hydrogen-bond acceptors (Lipinski definition) is 3. The van der Waals surface area contributed by atoms with Crippen LogP contribution in [0.1, 0.15) is 28.8 Å². The van der Waals surface area contributed by atoms with Crippen LogP contribution in [0.5, 0.6) is 0 Å². The molecule has 0 radical (unpaired) electrons. The van der Waals surface area contributed by atoms with Crippen LogP contribution < -0.4 is 5.73 Å². The normalized spacial score (nSPS) is 18.9. The average Bonchev–Trinajstić information content (AvgIpc) is 2.84. The number of rotatable bonds is 3. The van der Waals surface area contributed by atoms with Crippen LogP contribution >= 0.6 is 0 Å². The first-order valence-electron chi connectivity index (χ1n) is 6.31. The van der Waals surface area contributed by atoms with E-state index in [-0.39, 0.29) is 12.0 Å². The molecule has 0 bridgehead atoms. The lowest BCUT2D eigenvalue weighted by atomic mass is 10.1. The van der Waals surface area contributed by atoms with E-state index >= 15 is 0 Å². The zero-order valence-corrected chi connectivity index (χ0v) is 11.0. The Labute approximate surface area is 108 Å². The predicted molar refractivity (Wildman–Crippen MR) is 71.5 cm³/mol. The van der Waals surface area contributed by atoms with E-state index < -0.39 is 0 Å². The van der Waals surface area contributed by atoms with Gasteiger partial charge in [0.15, 0.2) is 0 Å². The van der Waals surface area contributed by atoms with Gasteiger partial charge in [-0.2, -0.15) is 0 Å². The minimum atomic E-state index is 0.00954. The molecule has 0 aromatic heterocycles. The molecular weight excluding hydrogens is 228 g/mol. The third kappa shape index (κ3) is 2.64. The van der Waals surface area contributed by atoms with Crippen LogP contribution in [0.4, 0.5) is 5.69 Å². The van der Waals surface area contributed by atoms with Gasteiger partial charge in [0.1, 0.15) is 0 Å². The first-order chi connectivity index (χ1) is 8.59. The highest BCUT2D eigenvalue weighted by atomic mass is 16.5. The molecule has 18 heavy (non-hydrogen) atoms. The Hall–Kier alpha value is -1.55. The van der Waals surface area contributed by atoms with Crippen molar-refractivity contribution in [3.8, 4) is 0 Å². The van der Waals surface area contributed by atoms with Crippen LogP contribution in [0, 0.1) is 6.92 Å². The number of anilines is 1. The second-order valence-electron chi connectivity index (χ2n) is 4.84. The van der Waals surface area contributed by atoms with E-state index in [1.165, 1.54) is 0 Å². The largest absolute Gasteiger partial charge is 0.398 e. The Morgan fingerprint density at radius 3 is 3.00 bits per heavy atom. The lowest BCUT2D eigenvalue weighted by molar-refractivity contribution is 0.0586. The van der Waals surface area contributed by atoms with E-state index in [2.05, 4.69) is 0 Å². The minimum Gasteiger partial charge on any atom is -0.398 e. The molecule has 1 amide bonds. The minimum absolute atomic E-state index is 0.00954. The molecule has 4 heteroatoms. The lowest BCUT2D eigenvalue weighted by Gasteiger charge is -2.22. The number of likely N-dealkylation sites (N-methyl/N-ethyl adjacent to an activating group) is 1. The van der Waals surface area contributed by atoms with Crippen molar-refractivity contribution in [1.29, 1.82) is 0 Å². The second-order valence-corrected chi connectivity index (χ2v) is 4.84. The Bertz CT molecular complexity index is 439. The van der Waals surface area contributed by atoms with Crippen molar-refractivity contribution in [2.75, 3.05) is 25.9 Å². The summed E-state index contributed by atoms with van der Waals surface area (Å²) in [5.41, 5.74) is 8.01. The zero-order chi connectivity index (χ0) is 13.1. The molecule has 1 unspecified atom stereocenters. The fourth-order valence-electron chi connectivity index (χ4n) is 2.27. The van der Waals surface area contributed by atoms with Crippen molar-refractivity contribution < 1.29 is 9.53 Å². The van der Waals surface area contributed by atoms with Crippen molar-refractivity contribution in [1.82, 2.24) is 4.90 Å². The molecule has 1 saturated heterocycles. The fourth-order valence-corrected chi connectivity index (χ4v) is 2.27. The summed E-state index contributed by atoms with van der Waals surface area (Å²) in [4.78, 5) is 14.0. The van der Waals surface area contributed by atoms with Crippen LogP contribution in [-0.2, 0) is 4.74 Å². The molecule has 0 aliphatic carbocycles. The molecule has 2 N–H and O–H groups in total. The fraction of sp³-hybridized carbons (Fsp3) is 0.500. The first-order valence-corrected chi connectivity index (χ1v) is 6.31. The van der Waals surface area contributed by atoms with Crippen molar-refractivity contribution in [2.45, 2.75) is 25.9 Å². The number of hydrogen-bond donors (Lipinski definition) is 1. The summed E-state index contributed by atoms with van der Waals surface area (Å²) in [7, 11) is 1.81. The van der Waals surface area contributed by atoms with Crippen LogP contribution in [0.3, 0.4) is 0 Å². The van der Waals surface area contributed by atoms with E-state index in [1.807, 2.05) is 32.2 Å². The van der Waals surface area contributed by atoms with Gasteiger partial charge in [0.2, 0.25) is 0 Å². The van der Waals surface area contributed by atoms with Crippen molar-refractivity contribution >= 4 is 11.6 Å². The molecule has 1 aliphatic rings. The monoisotopic (exact) mass is 248 g/mol. The van der Waals surface area contributed by atoms with Crippen molar-refractivity contribution in [3.05, 3.63) is 29.3 Å². The van der Waals surface area contributed by atoms with Crippen molar-refractivity contribution in [2.24, 2.45) is 0 Å². The molecule has 1 fully saturated rings. The smallest absolute Gasteiger partial charge is 0.254 e. The molecule has 1 aromatic carbocycles. The van der Waals surface area contributed by atoms with Gasteiger partial charge in [0, 0.05) is 31.5 Å². The predicted octanol–water partition coefficient (Wildman–Crippen LogP) is 1.83. The molecule has 0 saturated carbocycles. The van der Waals surface area contributed by atoms with Crippen LogP contribution in [-0.4, -0.2) is 37.1 Å². The van der Waals surface area contributed by atoms with Gasteiger partial charge in [-0.15, -0.1) is 0 Å². The van der Waals surface area contributed by atoms with Crippen LogP contribution in [0.2, 0.25) is 0 Å². The quantitative estimate of drug-likeness (QED) is 0.830. The molecule has 2 rings (SSSR count). The van der Waals surface area contributed by atoms with Gasteiger partial charge >= 0.3 is 0 Å². The third-order valence-electron chi connectivity index (χ3n) is 3.45. The molecule has 98 valence electrons. The number of nitrogens with zero attached hydrogens (tertiary/aromatic N) is 1. The number of ether oxygens (including phenoxy) is 1. The summed E-state index contributed by atoms with van der Waals surface area (Å²) in [6.45, 7) is 3.33. The zero-order valence-electron chi connectivity index (χ0n) is 11.0. The maximum absolute atomic E-state index is 12.3. The Morgan fingerprint density at radius 1 is 1.56 bits per heavy atom. The first kappa shape index (κ1) is 12.9. The van der Waals surface area contributed by atoms with Gasteiger partial charge in [-0.1, -0.05) is 6.07 Å². The molecule has 1 heterocycles. The summed E-state index contributed by atoms with van der Waals surface area (Å²) in [6, 6.07) is 5.45. The van der Waals surface area contributed by atoms with Gasteiger partial charge < -0.3 is 15.4 Å². The van der Waals surface area contributed by atoms with Crippen LogP contribution in [0.15, 0.2) is 18.2 Å². The SMILES string of the molecule is Cc1c(N)cccc1C(=O)N(C)CC1CCCO1. The number of carbonyl (C=O) groups excluding carboxylic acids is 1. The highest BCUT2D eigenvalue weighted by molar-refractivity contribution is 5.96. The maximum atomic E-state index is 12.3. The number of amides is 1. The molecule has 1 aliphatic heterocycles. The Morgan fingerprint density at radius 2 is 2.33 bits per heavy atom. The topological polar surface area (TPSA) is 55.6 Å². The lowest BCUT2D eigenvalue weighted by Crippen LogP contribution is -2.34. The van der Waals surface area contributed by atoms with E-state index in [1.54, 1.807) is 4.90 Å². The summed E-state index contributed by atoms with van der Waals surface area (Å²) >= 11 is 0. The number of benzene rings is 1. The third-order valence-corrected chi connectivity index (χ3v) is 3.45. The summed E-state index contributed by atoms with van der Waals surface area (Å²) in [6.07, 6.45) is 2.30. The molecule has 4 nitrogen and oxygen atoms in total. The summed E-state index contributed by atoms with van der Waals surface area (Å²) in [5, 5.41) is 0. The van der Waals surface area contributed by atoms with Gasteiger partial charge in [-0.3, -0.25) is 4.79 Å². The van der Waals surface area contributed by atoms with E-state index in [0.717, 1.165) is 25.0 Å². The molecule has 1 atom stereocenters. The number of nitrogen functional groups attached to an aromatic ring is 1. The molecule has 0 spiro atoms. The number of carbonyl (C=O) groups is 1. The summed E-state index contributed by atoms with van der Waals surface area (Å²) < 4.78 is 5.55. The highest BCUT2D eigenvalue weighted by Crippen LogP contribution is 2.18. The van der Waals surface area contributed by atoms with Gasteiger partial charge in [0.25, 0.3) is 5.91 Å². The Balaban J connectivity index is 2.07. The van der Waals surface area contributed by atoms with Crippen LogP contribution in [0.25, 0.3) is 0 Å². The average molecular weight is 248 g/mol. The second kappa shape index (κ2) is 5.40. The van der Waals surface area contributed by atoms with E-state index in [4.69, 9.17) is 10.5 Å². The highest BCUT2D eigenvalue weighted by Gasteiger charge is 2.21.